The van der Waals surface area contributed by atoms with Crippen molar-refractivity contribution in [3.05, 3.63) is 120 Å². The van der Waals surface area contributed by atoms with E-state index in [1.165, 1.54) is 18.9 Å². The lowest BCUT2D eigenvalue weighted by Gasteiger charge is -2.37. The number of amides is 9. The molecule has 0 bridgehead atoms. The Balaban J connectivity index is 1.05. The van der Waals surface area contributed by atoms with E-state index in [-0.39, 0.29) is 82.5 Å². The van der Waals surface area contributed by atoms with E-state index in [2.05, 4.69) is 36.9 Å². The number of carboxylic acid groups (broad SMARTS) is 1. The number of fused-ring (bicyclic) bond motifs is 2. The minimum Gasteiger partial charge on any atom is -0.480 e. The van der Waals surface area contributed by atoms with Crippen LogP contribution in [0.15, 0.2) is 108 Å². The van der Waals surface area contributed by atoms with Gasteiger partial charge in [0.25, 0.3) is 0 Å². The SMILES string of the molecule is CC(=O)N[C@@H](CCCN)C(=O)N[C@@H](CCCN=C(N)N)C(=O)N1[C@H](C(=O)N2CCC[C@H]2C(=O)NCC(=O)N(C)[C@@H](Cc2ccccc2)C(=O)N[C@@H](CO)C(=O)N[C@H](Cc2ccc3ccccc3c2)C(=O)N[C@@H](Cc2ccccc2)C(=O)O)C[C@@H]2CCCC[C@@H]21. The van der Waals surface area contributed by atoms with E-state index in [1.54, 1.807) is 71.6 Å². The maximum Gasteiger partial charge on any atom is 0.326 e. The molecule has 2 saturated heterocycles. The zero-order chi connectivity index (χ0) is 64.1. The third kappa shape index (κ3) is 18.8. The predicted octanol–water partition coefficient (Wildman–Crippen LogP) is 0.275. The number of benzene rings is 4. The van der Waals surface area contributed by atoms with E-state index in [0.29, 0.717) is 42.4 Å². The molecule has 1 saturated carbocycles. The minimum absolute atomic E-state index is 0.0316. The molecule has 7 rings (SSSR count). The van der Waals surface area contributed by atoms with Crippen LogP contribution < -0.4 is 49.1 Å². The summed E-state index contributed by atoms with van der Waals surface area (Å²) in [6, 6.07) is 20.1. The molecule has 2 aliphatic heterocycles. The molecule has 25 heteroatoms. The van der Waals surface area contributed by atoms with Crippen molar-refractivity contribution >= 4 is 75.9 Å². The van der Waals surface area contributed by atoms with Crippen molar-refractivity contribution in [1.29, 1.82) is 0 Å². The van der Waals surface area contributed by atoms with Gasteiger partial charge in [0.1, 0.15) is 48.3 Å². The number of aliphatic carboxylic acids is 1. The fourth-order valence-electron chi connectivity index (χ4n) is 12.2. The molecule has 0 spiro atoms. The number of guanidine groups is 1. The van der Waals surface area contributed by atoms with Gasteiger partial charge in [0.05, 0.1) is 13.2 Å². The maximum absolute atomic E-state index is 15.0. The second kappa shape index (κ2) is 32.8. The van der Waals surface area contributed by atoms with Crippen molar-refractivity contribution in [2.75, 3.05) is 39.8 Å². The lowest BCUT2D eigenvalue weighted by atomic mass is 9.84. The minimum atomic E-state index is -1.68. The Morgan fingerprint density at radius 2 is 1.24 bits per heavy atom. The van der Waals surface area contributed by atoms with Gasteiger partial charge in [-0.2, -0.15) is 0 Å². The van der Waals surface area contributed by atoms with Crippen LogP contribution in [0.5, 0.6) is 0 Å². The summed E-state index contributed by atoms with van der Waals surface area (Å²) in [6.45, 7) is 0.314. The fourth-order valence-corrected chi connectivity index (χ4v) is 12.2. The van der Waals surface area contributed by atoms with E-state index < -0.39 is 121 Å². The summed E-state index contributed by atoms with van der Waals surface area (Å²) in [7, 11) is 1.35. The Kier molecular flexibility index (Phi) is 24.9. The second-order valence-corrected chi connectivity index (χ2v) is 23.2. The molecular weight excluding hydrogens is 1140 g/mol. The first-order valence-corrected chi connectivity index (χ1v) is 30.6. The number of likely N-dealkylation sites (tertiary alicyclic amines) is 2. The number of likely N-dealkylation sites (N-methyl/N-ethyl adjacent to an activating group) is 1. The molecule has 89 heavy (non-hydrogen) atoms. The molecule has 4 aromatic carbocycles. The van der Waals surface area contributed by atoms with Gasteiger partial charge in [-0.15, -0.1) is 0 Å². The second-order valence-electron chi connectivity index (χ2n) is 23.2. The number of nitrogens with one attached hydrogen (secondary N) is 6. The molecule has 0 unspecified atom stereocenters. The number of carboxylic acids is 1. The highest BCUT2D eigenvalue weighted by atomic mass is 16.4. The topological polar surface area (TPSA) is 383 Å². The summed E-state index contributed by atoms with van der Waals surface area (Å²) in [4.78, 5) is 148. The largest absolute Gasteiger partial charge is 0.480 e. The summed E-state index contributed by atoms with van der Waals surface area (Å²) in [6.07, 6.45) is 4.87. The van der Waals surface area contributed by atoms with Crippen LogP contribution in [0.1, 0.15) is 94.2 Å². The quantitative estimate of drug-likeness (QED) is 0.0190. The summed E-state index contributed by atoms with van der Waals surface area (Å²) in [5.41, 5.74) is 18.8. The van der Waals surface area contributed by atoms with Crippen molar-refractivity contribution < 1.29 is 58.2 Å². The molecule has 3 fully saturated rings. The van der Waals surface area contributed by atoms with Crippen LogP contribution in [0, 0.1) is 5.92 Å². The number of aliphatic hydroxyl groups excluding tert-OH is 1. The number of hydrogen-bond acceptors (Lipinski definition) is 13. The van der Waals surface area contributed by atoms with Crippen LogP contribution >= 0.6 is 0 Å². The van der Waals surface area contributed by atoms with Crippen LogP contribution in [0.2, 0.25) is 0 Å². The van der Waals surface area contributed by atoms with Crippen LogP contribution in [-0.4, -0.2) is 184 Å². The summed E-state index contributed by atoms with van der Waals surface area (Å²) in [5.74, 6) is -7.51. The van der Waals surface area contributed by atoms with E-state index in [1.807, 2.05) is 36.4 Å². The summed E-state index contributed by atoms with van der Waals surface area (Å²) >= 11 is 0. The lowest BCUT2D eigenvalue weighted by Crippen LogP contribution is -2.60. The normalized spacial score (nSPS) is 19.0. The van der Waals surface area contributed by atoms with Crippen LogP contribution in [-0.2, 0) is 67.2 Å². The molecule has 10 atom stereocenters. The highest BCUT2D eigenvalue weighted by Gasteiger charge is 2.51. The third-order valence-corrected chi connectivity index (χ3v) is 16.9. The number of carbonyl (C=O) groups excluding carboxylic acids is 9. The number of aliphatic hydroxyl groups is 1. The van der Waals surface area contributed by atoms with Gasteiger partial charge in [-0.05, 0) is 97.7 Å². The molecular formula is C64H85N13O12. The number of nitrogens with two attached hydrogens (primary N) is 3. The Hall–Kier alpha value is -8.97. The van der Waals surface area contributed by atoms with Gasteiger partial charge in [0, 0.05) is 52.4 Å². The van der Waals surface area contributed by atoms with Crippen molar-refractivity contribution in [2.24, 2.45) is 28.1 Å². The van der Waals surface area contributed by atoms with Gasteiger partial charge in [0.2, 0.25) is 53.2 Å². The highest BCUT2D eigenvalue weighted by molar-refractivity contribution is 5.98. The summed E-state index contributed by atoms with van der Waals surface area (Å²) < 4.78 is 0. The van der Waals surface area contributed by atoms with E-state index in [4.69, 9.17) is 17.2 Å². The van der Waals surface area contributed by atoms with Gasteiger partial charge in [-0.25, -0.2) is 4.79 Å². The molecule has 25 nitrogen and oxygen atoms in total. The Bertz CT molecular complexity index is 3170. The van der Waals surface area contributed by atoms with Crippen LogP contribution in [0.4, 0.5) is 0 Å². The third-order valence-electron chi connectivity index (χ3n) is 16.9. The summed E-state index contributed by atoms with van der Waals surface area (Å²) in [5, 5.41) is 38.6. The zero-order valence-electron chi connectivity index (χ0n) is 50.5. The van der Waals surface area contributed by atoms with Gasteiger partial charge in [-0.3, -0.25) is 48.1 Å². The van der Waals surface area contributed by atoms with Crippen molar-refractivity contribution in [3.8, 4) is 0 Å². The average molecular weight is 1230 g/mol. The number of hydrogen-bond donors (Lipinski definition) is 11. The molecule has 0 aromatic heterocycles. The van der Waals surface area contributed by atoms with Crippen LogP contribution in [0.3, 0.4) is 0 Å². The molecule has 4 aromatic rings. The molecule has 478 valence electrons. The van der Waals surface area contributed by atoms with Gasteiger partial charge in [0.15, 0.2) is 5.96 Å². The molecule has 14 N–H and O–H groups in total. The molecule has 9 amide bonds. The molecule has 1 aliphatic carbocycles. The fraction of sp³-hybridized carbons (Fsp3) is 0.484. The Labute approximate surface area is 517 Å². The number of aliphatic imine (C=N–C) groups is 1. The first kappa shape index (κ1) is 67.5. The van der Waals surface area contributed by atoms with Gasteiger partial charge in [-0.1, -0.05) is 116 Å². The first-order chi connectivity index (χ1) is 42.8. The van der Waals surface area contributed by atoms with Crippen LogP contribution in [0.25, 0.3) is 10.8 Å². The van der Waals surface area contributed by atoms with E-state index >= 15 is 4.79 Å². The smallest absolute Gasteiger partial charge is 0.326 e. The number of nitrogens with zero attached hydrogens (tertiary/aromatic N) is 4. The van der Waals surface area contributed by atoms with Gasteiger partial charge >= 0.3 is 5.97 Å². The molecule has 3 aliphatic rings. The number of rotatable bonds is 30. The Morgan fingerprint density at radius 3 is 1.90 bits per heavy atom. The predicted molar refractivity (Wildman–Crippen MR) is 331 cm³/mol. The zero-order valence-corrected chi connectivity index (χ0v) is 50.5. The van der Waals surface area contributed by atoms with Crippen molar-refractivity contribution in [2.45, 2.75) is 151 Å². The Morgan fingerprint density at radius 1 is 0.640 bits per heavy atom. The van der Waals surface area contributed by atoms with Crippen molar-refractivity contribution in [3.63, 3.8) is 0 Å². The van der Waals surface area contributed by atoms with Crippen molar-refractivity contribution in [1.82, 2.24) is 46.6 Å². The lowest BCUT2D eigenvalue weighted by molar-refractivity contribution is -0.150. The first-order valence-electron chi connectivity index (χ1n) is 30.6. The van der Waals surface area contributed by atoms with Gasteiger partial charge < -0.3 is 74.0 Å². The average Bonchev–Trinajstić information content (AvgIpc) is 1.71. The van der Waals surface area contributed by atoms with E-state index in [0.717, 1.165) is 34.9 Å². The monoisotopic (exact) mass is 1230 g/mol. The highest BCUT2D eigenvalue weighted by Crippen LogP contribution is 2.41. The van der Waals surface area contributed by atoms with E-state index in [9.17, 15) is 53.4 Å². The maximum atomic E-state index is 15.0. The number of carbonyl (C=O) groups is 10. The standard InChI is InChI=1S/C64H85N13O12/c1-39(79)70-46(23-13-29-65)56(81)71-47(24-14-30-68-64(66)67)61(86)77-51-25-12-11-22-45(51)36-54(77)62(87)76-31-15-26-52(76)59(84)69-37-55(80)75(2)53(35-41-18-7-4-8-19-41)60(85)74-50(38-78)58(83)72-48(34-42-27-28-43-20-9-10-21-44(43)32-42)57(82)73-49(63(88)89)33-40-16-5-3-6-17-40/h3-10,16-21,27-28,32,45-54,78H,11-15,22-26,29-31,33-38,65H2,1-2H3,(H,69,84)(H,70,79)(H,71,81)(H,72,83)(H,73,82)(H,74,85)(H,88,89)(H4,66,67,68)/t45-,46-,47-,48+,49-,50-,51-,52-,53-,54-/m0/s1. The molecule has 0 radical (unpaired) electrons. The molecule has 2 heterocycles.